The van der Waals surface area contributed by atoms with Crippen molar-refractivity contribution in [2.24, 2.45) is 43.3 Å². The number of nitrogens with zero attached hydrogens (tertiary/aromatic N) is 8. The molecule has 0 atom stereocenters. The maximum Gasteiger partial charge on any atom is 0.165 e. The van der Waals surface area contributed by atoms with Gasteiger partial charge in [0.15, 0.2) is 11.6 Å². The first-order chi connectivity index (χ1) is 66.4. The third-order valence-corrected chi connectivity index (χ3v) is 16.8. The molecule has 0 amide bonds. The molecule has 8 aromatic carbocycles. The number of para-hydroxylation sites is 8. The van der Waals surface area contributed by atoms with Crippen LogP contribution < -0.4 is 44.6 Å². The average Bonchev–Trinajstić information content (AvgIpc) is 0.759. The van der Waals surface area contributed by atoms with E-state index in [9.17, 15) is 8.78 Å². The lowest BCUT2D eigenvalue weighted by Gasteiger charge is -2.26. The van der Waals surface area contributed by atoms with Gasteiger partial charge in [0.25, 0.3) is 0 Å². The third-order valence-electron chi connectivity index (χ3n) is 16.5. The van der Waals surface area contributed by atoms with Crippen molar-refractivity contribution in [1.29, 1.82) is 0 Å². The van der Waals surface area contributed by atoms with Gasteiger partial charge < -0.3 is 49.7 Å². The van der Waals surface area contributed by atoms with E-state index in [1.54, 1.807) is 36.4 Å². The lowest BCUT2D eigenvalue weighted by molar-refractivity contribution is 0.282. The summed E-state index contributed by atoms with van der Waals surface area (Å²) in [4.78, 5) is 33.9. The summed E-state index contributed by atoms with van der Waals surface area (Å²) in [5.41, 5.74) is 40.5. The largest absolute Gasteiger partial charge is 0.392 e. The van der Waals surface area contributed by atoms with Crippen LogP contribution in [0.2, 0.25) is 5.02 Å². The first-order valence-corrected chi connectivity index (χ1v) is 50.4. The SMILES string of the molecule is CC(C)(C)C.CC(C)(C)C.CC(C)(C)C.CC(C)(C)C.CC(C)(C)C.CC(C)(C)C.CC(C)(C)C.CC(C)(C)C.CC(C)Nc1ccc2ccccc2n1.CC(C)c1cc2ccccc2nc1N.CNc1ccc2ccccc2n1.Nc1ccc2cccc(F)c2n1.Nc1nc2ccccc2cc1CO.Nc1nc2ccccc2cc1Cl.Nc1nc2ccccc2cc1F.c1ccc2nc(NC3CCC3)ccc2c1. The lowest BCUT2D eigenvalue weighted by Crippen LogP contribution is -2.27. The fraction of sp³-hybridized carbons (Fsp3) is 0.419. The fourth-order valence-electron chi connectivity index (χ4n) is 10.8. The van der Waals surface area contributed by atoms with Crippen LogP contribution in [0.5, 0.6) is 0 Å². The molecule has 1 aliphatic rings. The van der Waals surface area contributed by atoms with Gasteiger partial charge >= 0.3 is 0 Å². The summed E-state index contributed by atoms with van der Waals surface area (Å²) in [7, 11) is 1.87. The van der Waals surface area contributed by atoms with Crippen molar-refractivity contribution in [3.8, 4) is 0 Å². The van der Waals surface area contributed by atoms with Crippen molar-refractivity contribution in [1.82, 2.24) is 39.9 Å². The van der Waals surface area contributed by atoms with Crippen molar-refractivity contribution in [3.05, 3.63) is 289 Å². The predicted octanol–water partition coefficient (Wildman–Crippen LogP) is 35.6. The Kier molecular flexibility index (Phi) is 54.0. The molecule has 1 saturated carbocycles. The molecule has 1 fully saturated rings. The molecule has 0 aliphatic heterocycles. The molecule has 17 nitrogen and oxygen atoms in total. The van der Waals surface area contributed by atoms with Crippen LogP contribution in [0.3, 0.4) is 0 Å². The quantitative estimate of drug-likeness (QED) is 0.0717. The summed E-state index contributed by atoms with van der Waals surface area (Å²) >= 11 is 5.80. The molecule has 0 bridgehead atoms. The number of hydrogen-bond donors (Lipinski definition) is 9. The summed E-state index contributed by atoms with van der Waals surface area (Å²) in [5, 5.41) is 27.5. The maximum atomic E-state index is 13.0. The number of rotatable bonds is 7. The van der Waals surface area contributed by atoms with E-state index in [4.69, 9.17) is 45.4 Å². The standard InChI is InChI=1S/C13H14N2.2C12H14N2.C10H10N2O.C10H10N2.C9H7ClN2.2C9H7FN2.8C5H12/c1-2-7-12-10(4-1)8-9-13(15-12)14-11-5-3-6-11;1-9(2)13-12-8-7-10-5-3-4-6-11(10)14-12;1-8(2)10-7-9-5-3-4-6-11(9)14-12(10)13;11-10-8(6-13)5-7-3-1-2-4-9(7)12-10;1-11-10-7-6-8-4-2-3-5-9(8)12-10;10-7-5-6-3-1-2-4-8(6)12-9(7)11;10-7-3-1-2-6-4-5-8(11)12-9(6)7;10-7-5-6-3-1-2-4-8(6)12-9(7)11;8*1-5(2,3)4/h1-2,4,7-9,11H,3,5-6H2,(H,14,15);3-9H,1-2H3,(H,13,14);3-8H,1-2H3,(H2,13,14);1-5,13H,6H2,(H2,11,12);2-7H,1H3,(H,11,12);3*1-5H,(H2,11,12);8*1-4H3. The summed E-state index contributed by atoms with van der Waals surface area (Å²) in [6.07, 6.45) is 3.92. The fourth-order valence-corrected chi connectivity index (χ4v) is 11.0. The Labute approximate surface area is 870 Å². The molecule has 14 N–H and O–H groups in total. The van der Waals surface area contributed by atoms with Crippen LogP contribution in [-0.2, 0) is 6.61 Å². The molecule has 17 rings (SSSR count). The number of nitrogens with one attached hydrogen (secondary N) is 3. The van der Waals surface area contributed by atoms with Gasteiger partial charge in [0.2, 0.25) is 0 Å². The van der Waals surface area contributed by atoms with Gasteiger partial charge in [0.1, 0.15) is 52.1 Å². The highest BCUT2D eigenvalue weighted by atomic mass is 35.5. The zero-order valence-electron chi connectivity index (χ0n) is 94.4. The molecule has 0 unspecified atom stereocenters. The Morgan fingerprint density at radius 1 is 0.312 bits per heavy atom. The van der Waals surface area contributed by atoms with Gasteiger partial charge in [0, 0.05) is 67.8 Å². The molecule has 0 spiro atoms. The number of pyridine rings is 8. The van der Waals surface area contributed by atoms with Gasteiger partial charge in [-0.3, -0.25) is 0 Å². The Balaban J connectivity index is 0.000000529. The molecule has 1 aliphatic carbocycles. The van der Waals surface area contributed by atoms with Crippen LogP contribution >= 0.6 is 11.6 Å². The van der Waals surface area contributed by atoms with E-state index in [1.807, 2.05) is 159 Å². The monoisotopic (exact) mass is 1980 g/mol. The van der Waals surface area contributed by atoms with Gasteiger partial charge in [0.05, 0.1) is 50.2 Å². The van der Waals surface area contributed by atoms with Gasteiger partial charge in [-0.15, -0.1) is 0 Å². The third kappa shape index (κ3) is 62.9. The van der Waals surface area contributed by atoms with Crippen molar-refractivity contribution in [2.45, 2.75) is 293 Å². The number of anilines is 8. The predicted molar refractivity (Wildman–Crippen MR) is 632 cm³/mol. The van der Waals surface area contributed by atoms with E-state index >= 15 is 0 Å². The topological polar surface area (TPSA) is 290 Å². The van der Waals surface area contributed by atoms with E-state index < -0.39 is 5.82 Å². The number of nitrogens with two attached hydrogens (primary N) is 5. The number of halogens is 3. The van der Waals surface area contributed by atoms with Crippen molar-refractivity contribution >= 4 is 145 Å². The molecule has 16 aromatic rings. The number of nitrogen functional groups attached to an aromatic ring is 5. The second kappa shape index (κ2) is 61.0. The van der Waals surface area contributed by atoms with E-state index in [0.29, 0.717) is 101 Å². The first-order valence-electron chi connectivity index (χ1n) is 50.0. The van der Waals surface area contributed by atoms with Crippen LogP contribution in [0.15, 0.2) is 261 Å². The zero-order valence-corrected chi connectivity index (χ0v) is 95.2. The number of aromatic nitrogens is 8. The molecular formula is C124H179ClF2N16O. The maximum absolute atomic E-state index is 13.0. The summed E-state index contributed by atoms with van der Waals surface area (Å²) < 4.78 is 25.9. The average molecular weight is 1980 g/mol. The van der Waals surface area contributed by atoms with Crippen molar-refractivity contribution in [3.63, 3.8) is 0 Å². The Bertz CT molecular complexity index is 6070. The molecular weight excluding hydrogens is 1800 g/mol. The summed E-state index contributed by atoms with van der Waals surface area (Å²) in [6.45, 7) is 78.4. The number of aliphatic hydroxyl groups is 1. The van der Waals surface area contributed by atoms with E-state index in [0.717, 1.165) is 88.6 Å². The van der Waals surface area contributed by atoms with E-state index in [1.165, 1.54) is 47.6 Å². The number of hydrogen-bond acceptors (Lipinski definition) is 17. The number of benzene rings is 8. The van der Waals surface area contributed by atoms with Gasteiger partial charge in [-0.1, -0.05) is 387 Å². The molecule has 8 heterocycles. The van der Waals surface area contributed by atoms with Crippen LogP contribution in [0.4, 0.5) is 55.3 Å². The minimum absolute atomic E-state index is 0.0475. The van der Waals surface area contributed by atoms with Gasteiger partial charge in [-0.05, 0) is 209 Å². The molecule has 0 radical (unpaired) electrons. The normalized spacial score (nSPS) is 11.5. The van der Waals surface area contributed by atoms with Crippen molar-refractivity contribution < 1.29 is 13.9 Å². The lowest BCUT2D eigenvalue weighted by atomic mass is 9.93. The molecule has 20 heteroatoms. The minimum atomic E-state index is -0.464. The van der Waals surface area contributed by atoms with Gasteiger partial charge in [-0.2, -0.15) is 0 Å². The van der Waals surface area contributed by atoms with E-state index in [2.05, 4.69) is 366 Å². The second-order valence-electron chi connectivity index (χ2n) is 48.8. The Morgan fingerprint density at radius 2 is 0.604 bits per heavy atom. The highest BCUT2D eigenvalue weighted by molar-refractivity contribution is 6.33. The van der Waals surface area contributed by atoms with Crippen LogP contribution in [0, 0.1) is 55.0 Å². The van der Waals surface area contributed by atoms with Crippen LogP contribution in [0.25, 0.3) is 87.2 Å². The highest BCUT2D eigenvalue weighted by Gasteiger charge is 2.18. The van der Waals surface area contributed by atoms with Crippen molar-refractivity contribution in [2.75, 3.05) is 51.7 Å². The Hall–Kier alpha value is -12.5. The minimum Gasteiger partial charge on any atom is -0.392 e. The summed E-state index contributed by atoms with van der Waals surface area (Å²) in [6, 6.07) is 84.0. The number of aliphatic hydroxyl groups excluding tert-OH is 1. The van der Waals surface area contributed by atoms with Crippen LogP contribution in [0.1, 0.15) is 286 Å². The molecule has 0 saturated heterocycles. The number of fused-ring (bicyclic) bond motifs is 8. The van der Waals surface area contributed by atoms with E-state index in [-0.39, 0.29) is 18.2 Å². The van der Waals surface area contributed by atoms with Crippen LogP contribution in [-0.4, -0.2) is 64.1 Å². The zero-order chi connectivity index (χ0) is 109. The smallest absolute Gasteiger partial charge is 0.165 e. The molecule has 144 heavy (non-hydrogen) atoms. The highest BCUT2D eigenvalue weighted by Crippen LogP contribution is 2.29. The second-order valence-corrected chi connectivity index (χ2v) is 49.2. The first kappa shape index (κ1) is 128. The van der Waals surface area contributed by atoms with Gasteiger partial charge in [-0.25, -0.2) is 48.7 Å². The molecule has 8 aromatic heterocycles. The Morgan fingerprint density at radius 3 is 0.958 bits per heavy atom. The summed E-state index contributed by atoms with van der Waals surface area (Å²) in [5.74, 6) is 4.22. The molecule has 782 valence electrons.